The Morgan fingerprint density at radius 2 is 2.40 bits per heavy atom. The fourth-order valence-electron chi connectivity index (χ4n) is 1.74. The van der Waals surface area contributed by atoms with Crippen molar-refractivity contribution in [3.8, 4) is 10.6 Å². The molecule has 2 heterocycles. The summed E-state index contributed by atoms with van der Waals surface area (Å²) in [6, 6.07) is 0. The first-order valence-corrected chi connectivity index (χ1v) is 5.79. The fraction of sp³-hybridized carbons (Fsp3) is 0.300. The predicted molar refractivity (Wildman–Crippen MR) is 60.1 cm³/mol. The molecule has 1 aliphatic rings. The molecule has 0 radical (unpaired) electrons. The monoisotopic (exact) mass is 218 g/mol. The number of aromatic nitrogens is 3. The maximum Gasteiger partial charge on any atom is 0.223 e. The van der Waals surface area contributed by atoms with Crippen LogP contribution in [0.1, 0.15) is 18.2 Å². The Labute approximate surface area is 91.4 Å². The molecule has 0 aliphatic heterocycles. The zero-order valence-electron chi connectivity index (χ0n) is 8.32. The van der Waals surface area contributed by atoms with Gasteiger partial charge in [-0.05, 0) is 6.92 Å². The van der Waals surface area contributed by atoms with Crippen molar-refractivity contribution in [2.75, 3.05) is 11.9 Å². The van der Waals surface area contributed by atoms with Crippen molar-refractivity contribution in [1.29, 1.82) is 0 Å². The summed E-state index contributed by atoms with van der Waals surface area (Å²) in [5.74, 6) is 0.706. The predicted octanol–water partition coefficient (Wildman–Crippen LogP) is 1.94. The first-order valence-electron chi connectivity index (χ1n) is 4.91. The highest BCUT2D eigenvalue weighted by Gasteiger charge is 2.23. The summed E-state index contributed by atoms with van der Waals surface area (Å²) in [7, 11) is 0. The number of hydrogen-bond acceptors (Lipinski definition) is 5. The summed E-state index contributed by atoms with van der Waals surface area (Å²) >= 11 is 1.65. The zero-order valence-corrected chi connectivity index (χ0v) is 9.14. The Hall–Kier alpha value is -1.49. The summed E-state index contributed by atoms with van der Waals surface area (Å²) in [6.07, 6.45) is 2.77. The summed E-state index contributed by atoms with van der Waals surface area (Å²) < 4.78 is 0. The van der Waals surface area contributed by atoms with Crippen molar-refractivity contribution in [3.05, 3.63) is 23.0 Å². The SMILES string of the molecule is CCNc1ncc2c(n1)-c1scnc1C2. The fourth-order valence-corrected chi connectivity index (χ4v) is 2.58. The Morgan fingerprint density at radius 3 is 3.27 bits per heavy atom. The number of thiazole rings is 1. The third-order valence-electron chi connectivity index (χ3n) is 2.41. The average Bonchev–Trinajstić information content (AvgIpc) is 2.78. The number of nitrogens with one attached hydrogen (secondary N) is 1. The first kappa shape index (κ1) is 8.79. The lowest BCUT2D eigenvalue weighted by atomic mass is 10.2. The molecule has 0 saturated carbocycles. The van der Waals surface area contributed by atoms with Crippen LogP contribution in [-0.4, -0.2) is 21.5 Å². The van der Waals surface area contributed by atoms with Crippen LogP contribution in [0.2, 0.25) is 0 Å². The second-order valence-electron chi connectivity index (χ2n) is 3.40. The molecule has 15 heavy (non-hydrogen) atoms. The molecule has 1 aliphatic carbocycles. The Bertz CT molecular complexity index is 506. The number of hydrogen-bond donors (Lipinski definition) is 1. The molecule has 0 amide bonds. The molecule has 2 aromatic rings. The quantitative estimate of drug-likeness (QED) is 0.714. The minimum Gasteiger partial charge on any atom is -0.354 e. The highest BCUT2D eigenvalue weighted by Crippen LogP contribution is 2.37. The standard InChI is InChI=1S/C10H10N4S/c1-2-11-10-12-4-6-3-7-9(8(6)14-10)15-5-13-7/h4-5H,2-3H2,1H3,(H,11,12,14). The van der Waals surface area contributed by atoms with Gasteiger partial charge in [-0.1, -0.05) is 0 Å². The van der Waals surface area contributed by atoms with Crippen molar-refractivity contribution < 1.29 is 0 Å². The van der Waals surface area contributed by atoms with Crippen molar-refractivity contribution >= 4 is 17.3 Å². The molecule has 3 rings (SSSR count). The van der Waals surface area contributed by atoms with Gasteiger partial charge in [-0.15, -0.1) is 11.3 Å². The lowest BCUT2D eigenvalue weighted by Crippen LogP contribution is -2.02. The van der Waals surface area contributed by atoms with E-state index in [1.807, 2.05) is 18.6 Å². The second kappa shape index (κ2) is 3.27. The first-order chi connectivity index (χ1) is 7.38. The van der Waals surface area contributed by atoms with E-state index in [0.29, 0.717) is 5.95 Å². The van der Waals surface area contributed by atoms with Crippen molar-refractivity contribution in [2.45, 2.75) is 13.3 Å². The lowest BCUT2D eigenvalue weighted by molar-refractivity contribution is 1.06. The minimum absolute atomic E-state index is 0.706. The molecule has 4 nitrogen and oxygen atoms in total. The van der Waals surface area contributed by atoms with Crippen molar-refractivity contribution in [2.24, 2.45) is 0 Å². The van der Waals surface area contributed by atoms with Crippen LogP contribution in [0.25, 0.3) is 10.6 Å². The van der Waals surface area contributed by atoms with Gasteiger partial charge in [0.15, 0.2) is 0 Å². The average molecular weight is 218 g/mol. The van der Waals surface area contributed by atoms with Gasteiger partial charge < -0.3 is 5.32 Å². The molecule has 76 valence electrons. The van der Waals surface area contributed by atoms with Gasteiger partial charge in [0.05, 0.1) is 21.8 Å². The van der Waals surface area contributed by atoms with Crippen LogP contribution in [0.3, 0.4) is 0 Å². The molecule has 0 spiro atoms. The second-order valence-corrected chi connectivity index (χ2v) is 4.26. The van der Waals surface area contributed by atoms with Crippen molar-refractivity contribution in [3.63, 3.8) is 0 Å². The van der Waals surface area contributed by atoms with Gasteiger partial charge in [0, 0.05) is 24.7 Å². The zero-order chi connectivity index (χ0) is 10.3. The smallest absolute Gasteiger partial charge is 0.223 e. The van der Waals surface area contributed by atoms with Crippen LogP contribution in [-0.2, 0) is 6.42 Å². The van der Waals surface area contributed by atoms with E-state index >= 15 is 0 Å². The van der Waals surface area contributed by atoms with Gasteiger partial charge in [0.2, 0.25) is 5.95 Å². The lowest BCUT2D eigenvalue weighted by Gasteiger charge is -2.03. The van der Waals surface area contributed by atoms with Crippen LogP contribution < -0.4 is 5.32 Å². The molecule has 1 N–H and O–H groups in total. The van der Waals surface area contributed by atoms with E-state index in [4.69, 9.17) is 0 Å². The molecular weight excluding hydrogens is 208 g/mol. The maximum atomic E-state index is 4.50. The van der Waals surface area contributed by atoms with Crippen LogP contribution in [0, 0.1) is 0 Å². The Kier molecular flexibility index (Phi) is 1.92. The summed E-state index contributed by atoms with van der Waals surface area (Å²) in [5.41, 5.74) is 5.25. The van der Waals surface area contributed by atoms with E-state index in [9.17, 15) is 0 Å². The highest BCUT2D eigenvalue weighted by molar-refractivity contribution is 7.13. The van der Waals surface area contributed by atoms with Crippen LogP contribution >= 0.6 is 11.3 Å². The van der Waals surface area contributed by atoms with Crippen LogP contribution in [0.4, 0.5) is 5.95 Å². The number of nitrogens with zero attached hydrogens (tertiary/aromatic N) is 3. The molecular formula is C10H10N4S. The van der Waals surface area contributed by atoms with E-state index < -0.39 is 0 Å². The number of anilines is 1. The Morgan fingerprint density at radius 1 is 1.47 bits per heavy atom. The van der Waals surface area contributed by atoms with E-state index in [1.54, 1.807) is 11.3 Å². The molecule has 2 aromatic heterocycles. The third kappa shape index (κ3) is 1.31. The van der Waals surface area contributed by atoms with E-state index in [2.05, 4.69) is 20.3 Å². The van der Waals surface area contributed by atoms with E-state index in [1.165, 1.54) is 10.4 Å². The van der Waals surface area contributed by atoms with Gasteiger partial charge >= 0.3 is 0 Å². The molecule has 0 unspecified atom stereocenters. The third-order valence-corrected chi connectivity index (χ3v) is 3.29. The topological polar surface area (TPSA) is 50.7 Å². The normalized spacial score (nSPS) is 12.3. The number of fused-ring (bicyclic) bond motifs is 3. The maximum absolute atomic E-state index is 4.50. The van der Waals surface area contributed by atoms with Gasteiger partial charge in [0.25, 0.3) is 0 Å². The molecule has 0 bridgehead atoms. The summed E-state index contributed by atoms with van der Waals surface area (Å²) in [4.78, 5) is 14.3. The van der Waals surface area contributed by atoms with E-state index in [0.717, 1.165) is 24.4 Å². The van der Waals surface area contributed by atoms with Crippen LogP contribution in [0.5, 0.6) is 0 Å². The van der Waals surface area contributed by atoms with E-state index in [-0.39, 0.29) is 0 Å². The van der Waals surface area contributed by atoms with Gasteiger partial charge in [0.1, 0.15) is 0 Å². The molecule has 5 heteroatoms. The molecule has 0 fully saturated rings. The minimum atomic E-state index is 0.706. The van der Waals surface area contributed by atoms with Crippen molar-refractivity contribution in [1.82, 2.24) is 15.0 Å². The molecule has 0 saturated heterocycles. The van der Waals surface area contributed by atoms with Gasteiger partial charge in [-0.25, -0.2) is 15.0 Å². The van der Waals surface area contributed by atoms with Crippen LogP contribution in [0.15, 0.2) is 11.7 Å². The van der Waals surface area contributed by atoms with Gasteiger partial charge in [-0.2, -0.15) is 0 Å². The molecule has 0 aromatic carbocycles. The van der Waals surface area contributed by atoms with Gasteiger partial charge in [-0.3, -0.25) is 0 Å². The Balaban J connectivity index is 2.10. The highest BCUT2D eigenvalue weighted by atomic mass is 32.1. The largest absolute Gasteiger partial charge is 0.354 e. The summed E-state index contributed by atoms with van der Waals surface area (Å²) in [6.45, 7) is 2.88. The summed E-state index contributed by atoms with van der Waals surface area (Å²) in [5, 5.41) is 3.12. The number of rotatable bonds is 2. The molecule has 0 atom stereocenters.